The Morgan fingerprint density at radius 3 is 2.06 bits per heavy atom. The summed E-state index contributed by atoms with van der Waals surface area (Å²) >= 11 is 0. The molecule has 0 saturated heterocycles. The lowest BCUT2D eigenvalue weighted by atomic mass is 10.2. The number of nitrogens with zero attached hydrogens (tertiary/aromatic N) is 4. The molecule has 0 radical (unpaired) electrons. The lowest BCUT2D eigenvalue weighted by Gasteiger charge is -2.29. The van der Waals surface area contributed by atoms with Crippen LogP contribution >= 0.6 is 0 Å². The van der Waals surface area contributed by atoms with Crippen molar-refractivity contribution in [2.45, 2.75) is 60.2 Å². The van der Waals surface area contributed by atoms with Gasteiger partial charge >= 0.3 is 0 Å². The van der Waals surface area contributed by atoms with Crippen LogP contribution in [0.15, 0.2) is 0 Å². The largest absolute Gasteiger partial charge is 0.335 e. The zero-order chi connectivity index (χ0) is 13.7. The molecule has 0 saturated carbocycles. The lowest BCUT2D eigenvalue weighted by molar-refractivity contribution is 0.288. The number of nitrogens with one attached hydrogen (secondary N) is 1. The molecule has 0 aliphatic rings. The van der Waals surface area contributed by atoms with Gasteiger partial charge in [0.15, 0.2) is 0 Å². The predicted octanol–water partition coefficient (Wildman–Crippen LogP) is 2.27. The minimum atomic E-state index is 0.405. The second-order valence-electron chi connectivity index (χ2n) is 5.14. The first kappa shape index (κ1) is 15.0. The molecular formula is C13H27N5. The Hall–Kier alpha value is -1.10. The van der Waals surface area contributed by atoms with E-state index in [2.05, 4.69) is 66.5 Å². The van der Waals surface area contributed by atoms with Crippen LogP contribution in [-0.2, 0) is 6.54 Å². The maximum absolute atomic E-state index is 4.61. The number of rotatable bonds is 7. The second-order valence-corrected chi connectivity index (χ2v) is 5.14. The van der Waals surface area contributed by atoms with E-state index in [0.717, 1.165) is 31.4 Å². The first-order chi connectivity index (χ1) is 8.49. The van der Waals surface area contributed by atoms with Crippen LogP contribution in [0.4, 0.5) is 5.95 Å². The first-order valence-electron chi connectivity index (χ1n) is 6.91. The Kier molecular flexibility index (Phi) is 5.59. The van der Waals surface area contributed by atoms with Gasteiger partial charge in [0.05, 0.1) is 6.54 Å². The summed E-state index contributed by atoms with van der Waals surface area (Å²) in [5, 5.41) is 7.39. The van der Waals surface area contributed by atoms with Crippen LogP contribution in [0.5, 0.6) is 0 Å². The topological polar surface area (TPSA) is 48.1 Å². The Morgan fingerprint density at radius 1 is 1.06 bits per heavy atom. The van der Waals surface area contributed by atoms with Crippen LogP contribution in [0, 0.1) is 0 Å². The molecule has 0 bridgehead atoms. The number of anilines is 1. The summed E-state index contributed by atoms with van der Waals surface area (Å²) in [5.74, 6) is 1.75. The minimum absolute atomic E-state index is 0.405. The molecule has 0 amide bonds. The zero-order valence-corrected chi connectivity index (χ0v) is 12.6. The summed E-state index contributed by atoms with van der Waals surface area (Å²) in [6, 6.07) is 0.809. The highest BCUT2D eigenvalue weighted by molar-refractivity contribution is 5.31. The normalized spacial score (nSPS) is 11.8. The molecule has 5 nitrogen and oxygen atoms in total. The predicted molar refractivity (Wildman–Crippen MR) is 75.8 cm³/mol. The third-order valence-electron chi connectivity index (χ3n) is 3.13. The molecule has 0 fully saturated rings. The molecule has 1 N–H and O–H groups in total. The van der Waals surface area contributed by atoms with E-state index < -0.39 is 0 Å². The molecule has 0 aromatic carbocycles. The van der Waals surface area contributed by atoms with Gasteiger partial charge in [-0.1, -0.05) is 13.8 Å². The summed E-state index contributed by atoms with van der Waals surface area (Å²) in [4.78, 5) is 9.15. The fourth-order valence-corrected chi connectivity index (χ4v) is 2.19. The average Bonchev–Trinajstić information content (AvgIpc) is 2.73. The van der Waals surface area contributed by atoms with E-state index in [4.69, 9.17) is 0 Å². The van der Waals surface area contributed by atoms with Gasteiger partial charge in [-0.2, -0.15) is 4.98 Å². The highest BCUT2D eigenvalue weighted by atomic mass is 15.4. The maximum atomic E-state index is 4.61. The fraction of sp³-hybridized carbons (Fsp3) is 0.846. The van der Waals surface area contributed by atoms with E-state index in [9.17, 15) is 0 Å². The minimum Gasteiger partial charge on any atom is -0.335 e. The molecule has 0 atom stereocenters. The molecule has 1 aromatic heterocycles. The summed E-state index contributed by atoms with van der Waals surface area (Å²) in [7, 11) is 0. The third kappa shape index (κ3) is 3.70. The average molecular weight is 253 g/mol. The van der Waals surface area contributed by atoms with E-state index >= 15 is 0 Å². The van der Waals surface area contributed by atoms with Crippen LogP contribution in [0.25, 0.3) is 0 Å². The van der Waals surface area contributed by atoms with Crippen LogP contribution in [-0.4, -0.2) is 45.3 Å². The molecule has 1 aromatic rings. The van der Waals surface area contributed by atoms with Gasteiger partial charge in [0, 0.05) is 12.1 Å². The van der Waals surface area contributed by atoms with Crippen molar-refractivity contribution in [3.63, 3.8) is 0 Å². The van der Waals surface area contributed by atoms with Gasteiger partial charge in [-0.05, 0) is 40.8 Å². The Morgan fingerprint density at radius 2 is 1.61 bits per heavy atom. The summed E-state index contributed by atoms with van der Waals surface area (Å²) < 4.78 is 0. The molecule has 0 aliphatic heterocycles. The van der Waals surface area contributed by atoms with Gasteiger partial charge in [-0.15, -0.1) is 5.10 Å². The molecule has 18 heavy (non-hydrogen) atoms. The van der Waals surface area contributed by atoms with E-state index in [1.54, 1.807) is 0 Å². The Bertz CT molecular complexity index is 333. The quantitative estimate of drug-likeness (QED) is 0.810. The first-order valence-corrected chi connectivity index (χ1v) is 6.91. The Balaban J connectivity index is 2.78. The van der Waals surface area contributed by atoms with Crippen molar-refractivity contribution in [3.05, 3.63) is 5.82 Å². The molecule has 104 valence electrons. The van der Waals surface area contributed by atoms with Crippen molar-refractivity contribution in [3.8, 4) is 0 Å². The number of H-pyrrole nitrogens is 1. The van der Waals surface area contributed by atoms with Crippen molar-refractivity contribution in [2.75, 3.05) is 18.0 Å². The van der Waals surface area contributed by atoms with E-state index in [0.29, 0.717) is 12.1 Å². The summed E-state index contributed by atoms with van der Waals surface area (Å²) in [6.07, 6.45) is 0. The monoisotopic (exact) mass is 253 g/mol. The summed E-state index contributed by atoms with van der Waals surface area (Å²) in [6.45, 7) is 15.9. The van der Waals surface area contributed by atoms with Crippen molar-refractivity contribution in [1.82, 2.24) is 20.1 Å². The summed E-state index contributed by atoms with van der Waals surface area (Å²) in [5.41, 5.74) is 0. The number of hydrogen-bond donors (Lipinski definition) is 1. The van der Waals surface area contributed by atoms with Crippen molar-refractivity contribution in [2.24, 2.45) is 0 Å². The molecule has 5 heteroatoms. The highest BCUT2D eigenvalue weighted by Crippen LogP contribution is 2.15. The molecule has 0 aliphatic carbocycles. The second kappa shape index (κ2) is 6.73. The van der Waals surface area contributed by atoms with Crippen LogP contribution in [0.1, 0.15) is 47.4 Å². The van der Waals surface area contributed by atoms with Gasteiger partial charge in [0.1, 0.15) is 5.82 Å². The van der Waals surface area contributed by atoms with E-state index in [1.165, 1.54) is 0 Å². The fourth-order valence-electron chi connectivity index (χ4n) is 2.19. The van der Waals surface area contributed by atoms with E-state index in [1.807, 2.05) is 0 Å². The van der Waals surface area contributed by atoms with Crippen LogP contribution in [0.3, 0.4) is 0 Å². The lowest BCUT2D eigenvalue weighted by Crippen LogP contribution is -2.37. The smallest absolute Gasteiger partial charge is 0.245 e. The number of hydrogen-bond acceptors (Lipinski definition) is 4. The van der Waals surface area contributed by atoms with Crippen LogP contribution in [0.2, 0.25) is 0 Å². The van der Waals surface area contributed by atoms with Gasteiger partial charge in [-0.25, -0.2) is 0 Å². The SMILES string of the molecule is CCN(CC)Cc1nc(N(C(C)C)C(C)C)n[nH]1. The van der Waals surface area contributed by atoms with Gasteiger partial charge in [0.2, 0.25) is 5.95 Å². The van der Waals surface area contributed by atoms with Crippen molar-refractivity contribution in [1.29, 1.82) is 0 Å². The molecule has 1 heterocycles. The number of aromatic nitrogens is 3. The Labute approximate surface area is 111 Å². The number of aromatic amines is 1. The molecule has 0 unspecified atom stereocenters. The van der Waals surface area contributed by atoms with Gasteiger partial charge < -0.3 is 4.90 Å². The highest BCUT2D eigenvalue weighted by Gasteiger charge is 2.18. The maximum Gasteiger partial charge on any atom is 0.245 e. The van der Waals surface area contributed by atoms with E-state index in [-0.39, 0.29) is 0 Å². The van der Waals surface area contributed by atoms with Gasteiger partial charge in [0.25, 0.3) is 0 Å². The van der Waals surface area contributed by atoms with Crippen molar-refractivity contribution >= 4 is 5.95 Å². The molecule has 0 spiro atoms. The zero-order valence-electron chi connectivity index (χ0n) is 12.6. The molecular weight excluding hydrogens is 226 g/mol. The van der Waals surface area contributed by atoms with Gasteiger partial charge in [-0.3, -0.25) is 10.00 Å². The van der Waals surface area contributed by atoms with Crippen LogP contribution < -0.4 is 4.90 Å². The van der Waals surface area contributed by atoms with Crippen molar-refractivity contribution < 1.29 is 0 Å². The third-order valence-corrected chi connectivity index (χ3v) is 3.13. The standard InChI is InChI=1S/C13H27N5/c1-7-17(8-2)9-12-14-13(16-15-12)18(10(3)4)11(5)6/h10-11H,7-9H2,1-6H3,(H,14,15,16). The molecule has 1 rings (SSSR count).